The first kappa shape index (κ1) is 28.7. The zero-order valence-electron chi connectivity index (χ0n) is 22.5. The molecule has 2 aromatic heterocycles. The molecule has 1 amide bonds. The van der Waals surface area contributed by atoms with Crippen LogP contribution in [0, 0.1) is 13.8 Å². The minimum atomic E-state index is -0.989. The third-order valence-electron chi connectivity index (χ3n) is 6.11. The molecule has 0 bridgehead atoms. The Labute approximate surface area is 236 Å². The van der Waals surface area contributed by atoms with Crippen LogP contribution in [0.1, 0.15) is 34.9 Å². The van der Waals surface area contributed by atoms with Crippen LogP contribution in [0.3, 0.4) is 0 Å². The highest BCUT2D eigenvalue weighted by Gasteiger charge is 2.24. The summed E-state index contributed by atoms with van der Waals surface area (Å²) in [6.07, 6.45) is 1.52. The standard InChI is InChI=1S/C26H33ClN8O3S/c1-16-6-5-7-18(27)22(16)33-23(36)19-15-29-25(39-19)32-20-14-21(31-17(2)30-20)35-10-8-34(9-11-35)12-13-38-24(37)26(3,4)28/h5-7,14-15H,8-13,28H2,1-4H3,(H,33,36)(H,29,30,31,32). The Morgan fingerprint density at radius 1 is 1.18 bits per heavy atom. The lowest BCUT2D eigenvalue weighted by atomic mass is 10.1. The molecule has 0 atom stereocenters. The zero-order valence-corrected chi connectivity index (χ0v) is 24.0. The fraction of sp³-hybridized carbons (Fsp3) is 0.423. The van der Waals surface area contributed by atoms with E-state index in [-0.39, 0.29) is 5.91 Å². The van der Waals surface area contributed by atoms with Crippen LogP contribution in [0.25, 0.3) is 0 Å². The van der Waals surface area contributed by atoms with E-state index in [1.165, 1.54) is 17.5 Å². The van der Waals surface area contributed by atoms with Crippen LogP contribution in [-0.2, 0) is 9.53 Å². The van der Waals surface area contributed by atoms with E-state index in [1.807, 2.05) is 32.0 Å². The fourth-order valence-corrected chi connectivity index (χ4v) is 4.93. The normalized spacial score (nSPS) is 14.3. The van der Waals surface area contributed by atoms with Crippen LogP contribution in [0.5, 0.6) is 0 Å². The third kappa shape index (κ3) is 7.63. The van der Waals surface area contributed by atoms with Crippen molar-refractivity contribution in [2.45, 2.75) is 33.2 Å². The van der Waals surface area contributed by atoms with Crippen molar-refractivity contribution in [2.75, 3.05) is 54.9 Å². The Hall–Kier alpha value is -3.32. The Bertz CT molecular complexity index is 1310. The second kappa shape index (κ2) is 12.2. The van der Waals surface area contributed by atoms with Gasteiger partial charge >= 0.3 is 5.97 Å². The molecule has 11 nitrogen and oxygen atoms in total. The number of rotatable bonds is 9. The first-order valence-electron chi connectivity index (χ1n) is 12.6. The summed E-state index contributed by atoms with van der Waals surface area (Å²) in [5.41, 5.74) is 6.24. The van der Waals surface area contributed by atoms with E-state index in [0.717, 1.165) is 37.6 Å². The molecule has 13 heteroatoms. The number of aromatic nitrogens is 3. The summed E-state index contributed by atoms with van der Waals surface area (Å²) in [4.78, 5) is 43.0. The van der Waals surface area contributed by atoms with Crippen LogP contribution < -0.4 is 21.3 Å². The van der Waals surface area contributed by atoms with Gasteiger partial charge in [0.25, 0.3) is 5.91 Å². The number of esters is 1. The Morgan fingerprint density at radius 2 is 1.92 bits per heavy atom. The minimum Gasteiger partial charge on any atom is -0.463 e. The number of halogens is 1. The van der Waals surface area contributed by atoms with Crippen molar-refractivity contribution in [2.24, 2.45) is 5.73 Å². The molecule has 0 unspecified atom stereocenters. The molecule has 39 heavy (non-hydrogen) atoms. The number of nitrogens with zero attached hydrogens (tertiary/aromatic N) is 5. The molecule has 0 saturated carbocycles. The van der Waals surface area contributed by atoms with Gasteiger partial charge in [-0.05, 0) is 39.3 Å². The van der Waals surface area contributed by atoms with E-state index in [4.69, 9.17) is 22.1 Å². The van der Waals surface area contributed by atoms with E-state index >= 15 is 0 Å². The molecule has 1 fully saturated rings. The predicted molar refractivity (Wildman–Crippen MR) is 154 cm³/mol. The summed E-state index contributed by atoms with van der Waals surface area (Å²) >= 11 is 7.47. The van der Waals surface area contributed by atoms with Gasteiger partial charge in [0.1, 0.15) is 34.5 Å². The van der Waals surface area contributed by atoms with Gasteiger partial charge in [0.2, 0.25) is 0 Å². The van der Waals surface area contributed by atoms with E-state index in [9.17, 15) is 9.59 Å². The minimum absolute atomic E-state index is 0.282. The third-order valence-corrected chi connectivity index (χ3v) is 7.34. The van der Waals surface area contributed by atoms with Gasteiger partial charge in [-0.2, -0.15) is 0 Å². The quantitative estimate of drug-likeness (QED) is 0.326. The van der Waals surface area contributed by atoms with Crippen LogP contribution >= 0.6 is 22.9 Å². The number of benzene rings is 1. The first-order chi connectivity index (χ1) is 18.5. The van der Waals surface area contributed by atoms with Crippen LogP contribution in [0.2, 0.25) is 5.02 Å². The number of aryl methyl sites for hydroxylation is 2. The summed E-state index contributed by atoms with van der Waals surface area (Å²) in [5.74, 6) is 1.35. The number of carbonyl (C=O) groups is 2. The van der Waals surface area contributed by atoms with E-state index < -0.39 is 11.5 Å². The van der Waals surface area contributed by atoms with Crippen molar-refractivity contribution in [3.63, 3.8) is 0 Å². The van der Waals surface area contributed by atoms with Gasteiger partial charge in [-0.1, -0.05) is 35.1 Å². The van der Waals surface area contributed by atoms with Crippen LogP contribution in [0.15, 0.2) is 30.5 Å². The maximum Gasteiger partial charge on any atom is 0.325 e. The fourth-order valence-electron chi connectivity index (χ4n) is 3.94. The maximum atomic E-state index is 12.8. The molecule has 4 rings (SSSR count). The molecule has 0 spiro atoms. The van der Waals surface area contributed by atoms with Gasteiger partial charge in [-0.15, -0.1) is 0 Å². The number of amides is 1. The molecular weight excluding hydrogens is 540 g/mol. The van der Waals surface area contributed by atoms with Crippen LogP contribution in [-0.4, -0.2) is 76.6 Å². The van der Waals surface area contributed by atoms with Crippen molar-refractivity contribution in [3.8, 4) is 0 Å². The molecule has 1 saturated heterocycles. The van der Waals surface area contributed by atoms with Crippen molar-refractivity contribution >= 4 is 57.3 Å². The van der Waals surface area contributed by atoms with Gasteiger partial charge in [0.05, 0.1) is 16.9 Å². The summed E-state index contributed by atoms with van der Waals surface area (Å²) < 4.78 is 5.28. The molecule has 3 aromatic rings. The number of para-hydroxylation sites is 1. The molecule has 208 valence electrons. The zero-order chi connectivity index (χ0) is 28.2. The molecular formula is C26H33ClN8O3S. The highest BCUT2D eigenvalue weighted by atomic mass is 35.5. The Balaban J connectivity index is 1.33. The molecule has 0 radical (unpaired) electrons. The number of thiazole rings is 1. The second-order valence-electron chi connectivity index (χ2n) is 9.89. The van der Waals surface area contributed by atoms with Crippen LogP contribution in [0.4, 0.5) is 22.5 Å². The highest BCUT2D eigenvalue weighted by Crippen LogP contribution is 2.28. The molecule has 1 aromatic carbocycles. The van der Waals surface area contributed by atoms with Gasteiger partial charge in [0.15, 0.2) is 5.13 Å². The monoisotopic (exact) mass is 572 g/mol. The smallest absolute Gasteiger partial charge is 0.325 e. The predicted octanol–water partition coefficient (Wildman–Crippen LogP) is 3.60. The number of anilines is 4. The van der Waals surface area contributed by atoms with Gasteiger partial charge in [-0.3, -0.25) is 14.5 Å². The number of piperazine rings is 1. The van der Waals surface area contributed by atoms with Gasteiger partial charge in [-0.25, -0.2) is 15.0 Å². The first-order valence-corrected chi connectivity index (χ1v) is 13.8. The number of hydrogen-bond acceptors (Lipinski definition) is 11. The maximum absolute atomic E-state index is 12.8. The second-order valence-corrected chi connectivity index (χ2v) is 11.3. The Morgan fingerprint density at radius 3 is 2.62 bits per heavy atom. The van der Waals surface area contributed by atoms with Crippen molar-refractivity contribution < 1.29 is 14.3 Å². The number of carbonyl (C=O) groups excluding carboxylic acids is 2. The average molecular weight is 573 g/mol. The number of nitrogens with two attached hydrogens (primary N) is 1. The summed E-state index contributed by atoms with van der Waals surface area (Å²) in [6, 6.07) is 7.33. The topological polar surface area (TPSA) is 139 Å². The van der Waals surface area contributed by atoms with Crippen molar-refractivity contribution in [1.29, 1.82) is 0 Å². The van der Waals surface area contributed by atoms with Crippen molar-refractivity contribution in [3.05, 3.63) is 51.7 Å². The number of ether oxygens (including phenoxy) is 1. The van der Waals surface area contributed by atoms with E-state index in [1.54, 1.807) is 19.9 Å². The number of hydrogen-bond donors (Lipinski definition) is 3. The lowest BCUT2D eigenvalue weighted by molar-refractivity contribution is -0.149. The molecule has 4 N–H and O–H groups in total. The van der Waals surface area contributed by atoms with E-state index in [2.05, 4.69) is 35.4 Å². The molecule has 0 aliphatic carbocycles. The lowest BCUT2D eigenvalue weighted by Crippen LogP contribution is -2.48. The number of nitrogens with one attached hydrogen (secondary N) is 2. The van der Waals surface area contributed by atoms with Gasteiger partial charge in [0, 0.05) is 38.8 Å². The largest absolute Gasteiger partial charge is 0.463 e. The molecule has 1 aliphatic rings. The summed E-state index contributed by atoms with van der Waals surface area (Å²) in [7, 11) is 0. The summed E-state index contributed by atoms with van der Waals surface area (Å²) in [6.45, 7) is 11.1. The molecule has 3 heterocycles. The average Bonchev–Trinajstić information content (AvgIpc) is 3.34. The van der Waals surface area contributed by atoms with Gasteiger partial charge < -0.3 is 26.0 Å². The molecule has 1 aliphatic heterocycles. The lowest BCUT2D eigenvalue weighted by Gasteiger charge is -2.35. The SMILES string of the molecule is Cc1nc(Nc2ncc(C(=O)Nc3c(C)cccc3Cl)s2)cc(N2CCN(CCOC(=O)C(C)(C)N)CC2)n1. The van der Waals surface area contributed by atoms with Crippen molar-refractivity contribution in [1.82, 2.24) is 19.9 Å². The summed E-state index contributed by atoms with van der Waals surface area (Å²) in [5, 5.41) is 7.09. The Kier molecular flexibility index (Phi) is 9.01. The highest BCUT2D eigenvalue weighted by molar-refractivity contribution is 7.17. The van der Waals surface area contributed by atoms with E-state index in [0.29, 0.717) is 45.5 Å².